The molecule has 2 rings (SSSR count). The van der Waals surface area contributed by atoms with Gasteiger partial charge in [-0.25, -0.2) is 0 Å². The van der Waals surface area contributed by atoms with Crippen LogP contribution in [0.1, 0.15) is 45.4 Å². The fourth-order valence-corrected chi connectivity index (χ4v) is 3.46. The van der Waals surface area contributed by atoms with Crippen LogP contribution in [0.4, 0.5) is 11.4 Å². The quantitative estimate of drug-likeness (QED) is 0.260. The SMILES string of the molecule is CCCCCOC(=O)[C@@H]1CCCCN1CN(C)c1ccc(OC)c([N+](=O)[O-])c1. The van der Waals surface area contributed by atoms with Crippen molar-refractivity contribution in [3.05, 3.63) is 28.3 Å². The summed E-state index contributed by atoms with van der Waals surface area (Å²) >= 11 is 0. The number of unbranched alkanes of at least 4 members (excludes halogenated alkanes) is 2. The van der Waals surface area contributed by atoms with E-state index in [-0.39, 0.29) is 23.4 Å². The second-order valence-corrected chi connectivity index (χ2v) is 7.15. The van der Waals surface area contributed by atoms with Gasteiger partial charge in [-0.3, -0.25) is 19.8 Å². The number of rotatable bonds is 10. The molecule has 1 saturated heterocycles. The molecular formula is C20H31N3O5. The van der Waals surface area contributed by atoms with E-state index in [9.17, 15) is 14.9 Å². The smallest absolute Gasteiger partial charge is 0.323 e. The van der Waals surface area contributed by atoms with Crippen molar-refractivity contribution in [2.24, 2.45) is 0 Å². The number of piperidine rings is 1. The van der Waals surface area contributed by atoms with Crippen molar-refractivity contribution in [1.29, 1.82) is 0 Å². The minimum Gasteiger partial charge on any atom is -0.490 e. The maximum Gasteiger partial charge on any atom is 0.323 e. The van der Waals surface area contributed by atoms with Crippen molar-refractivity contribution in [2.45, 2.75) is 51.5 Å². The largest absolute Gasteiger partial charge is 0.490 e. The minimum atomic E-state index is -0.451. The highest BCUT2D eigenvalue weighted by atomic mass is 16.6. The third-order valence-corrected chi connectivity index (χ3v) is 5.07. The number of carbonyl (C=O) groups is 1. The van der Waals surface area contributed by atoms with Crippen LogP contribution in [0.5, 0.6) is 5.75 Å². The van der Waals surface area contributed by atoms with Gasteiger partial charge in [-0.05, 0) is 31.4 Å². The average molecular weight is 393 g/mol. The summed E-state index contributed by atoms with van der Waals surface area (Å²) in [5.41, 5.74) is 0.630. The summed E-state index contributed by atoms with van der Waals surface area (Å²) in [5, 5.41) is 11.3. The van der Waals surface area contributed by atoms with Crippen molar-refractivity contribution in [2.75, 3.05) is 38.9 Å². The third kappa shape index (κ3) is 5.82. The van der Waals surface area contributed by atoms with E-state index in [1.807, 2.05) is 11.9 Å². The van der Waals surface area contributed by atoms with Crippen LogP contribution in [-0.4, -0.2) is 55.8 Å². The van der Waals surface area contributed by atoms with Gasteiger partial charge in [0, 0.05) is 25.3 Å². The number of nitrogens with zero attached hydrogens (tertiary/aromatic N) is 3. The molecule has 0 aliphatic carbocycles. The fraction of sp³-hybridized carbons (Fsp3) is 0.650. The lowest BCUT2D eigenvalue weighted by Crippen LogP contribution is -2.49. The number of esters is 1. The van der Waals surface area contributed by atoms with Crippen LogP contribution >= 0.6 is 0 Å². The lowest BCUT2D eigenvalue weighted by molar-refractivity contribution is -0.385. The van der Waals surface area contributed by atoms with Gasteiger partial charge < -0.3 is 14.4 Å². The molecule has 0 bridgehead atoms. The molecule has 0 amide bonds. The third-order valence-electron chi connectivity index (χ3n) is 5.07. The Bertz CT molecular complexity index is 667. The van der Waals surface area contributed by atoms with E-state index in [0.29, 0.717) is 19.0 Å². The number of benzene rings is 1. The Balaban J connectivity index is 2.03. The predicted octanol–water partition coefficient (Wildman–Crippen LogP) is 3.59. The Morgan fingerprint density at radius 2 is 2.14 bits per heavy atom. The number of hydrogen-bond donors (Lipinski definition) is 0. The van der Waals surface area contributed by atoms with Crippen LogP contribution in [-0.2, 0) is 9.53 Å². The Kier molecular flexibility index (Phi) is 8.50. The van der Waals surface area contributed by atoms with E-state index >= 15 is 0 Å². The van der Waals surface area contributed by atoms with Crippen molar-refractivity contribution < 1.29 is 19.2 Å². The van der Waals surface area contributed by atoms with E-state index in [0.717, 1.165) is 45.1 Å². The topological polar surface area (TPSA) is 85.2 Å². The number of anilines is 1. The summed E-state index contributed by atoms with van der Waals surface area (Å²) in [4.78, 5) is 27.4. The zero-order valence-corrected chi connectivity index (χ0v) is 17.1. The molecule has 8 nitrogen and oxygen atoms in total. The van der Waals surface area contributed by atoms with Gasteiger partial charge in [0.1, 0.15) is 6.04 Å². The Labute approximate surface area is 166 Å². The molecule has 1 aliphatic heterocycles. The molecule has 0 N–H and O–H groups in total. The molecule has 1 aromatic carbocycles. The van der Waals surface area contributed by atoms with Gasteiger partial charge in [0.25, 0.3) is 0 Å². The van der Waals surface area contributed by atoms with Crippen molar-refractivity contribution in [3.63, 3.8) is 0 Å². The molecular weight excluding hydrogens is 362 g/mol. The summed E-state index contributed by atoms with van der Waals surface area (Å²) in [7, 11) is 3.28. The van der Waals surface area contributed by atoms with E-state index in [1.54, 1.807) is 12.1 Å². The molecule has 28 heavy (non-hydrogen) atoms. The van der Waals surface area contributed by atoms with Crippen molar-refractivity contribution in [1.82, 2.24) is 4.90 Å². The molecule has 0 radical (unpaired) electrons. The molecule has 1 fully saturated rings. The molecule has 156 valence electrons. The van der Waals surface area contributed by atoms with Gasteiger partial charge >= 0.3 is 11.7 Å². The zero-order valence-electron chi connectivity index (χ0n) is 17.1. The van der Waals surface area contributed by atoms with Crippen LogP contribution in [0.25, 0.3) is 0 Å². The molecule has 1 aliphatic rings. The summed E-state index contributed by atoms with van der Waals surface area (Å²) in [5.74, 6) is 0.0681. The van der Waals surface area contributed by atoms with Crippen molar-refractivity contribution >= 4 is 17.3 Å². The molecule has 1 aromatic rings. The molecule has 0 unspecified atom stereocenters. The zero-order chi connectivity index (χ0) is 20.5. The molecule has 1 atom stereocenters. The molecule has 0 spiro atoms. The monoisotopic (exact) mass is 393 g/mol. The summed E-state index contributed by atoms with van der Waals surface area (Å²) in [6.45, 7) is 3.89. The lowest BCUT2D eigenvalue weighted by atomic mass is 10.0. The summed E-state index contributed by atoms with van der Waals surface area (Å²) in [6, 6.07) is 4.63. The first-order chi connectivity index (χ1) is 13.5. The highest BCUT2D eigenvalue weighted by Gasteiger charge is 2.30. The first-order valence-electron chi connectivity index (χ1n) is 9.92. The maximum atomic E-state index is 12.5. The van der Waals surface area contributed by atoms with Crippen LogP contribution in [0, 0.1) is 10.1 Å². The maximum absolute atomic E-state index is 12.5. The number of nitro groups is 1. The number of carbonyl (C=O) groups excluding carboxylic acids is 1. The predicted molar refractivity (Wildman–Crippen MR) is 108 cm³/mol. The second-order valence-electron chi connectivity index (χ2n) is 7.15. The number of nitro benzene ring substituents is 1. The van der Waals surface area contributed by atoms with Gasteiger partial charge in [-0.2, -0.15) is 0 Å². The van der Waals surface area contributed by atoms with Gasteiger partial charge in [0.2, 0.25) is 0 Å². The molecule has 1 heterocycles. The number of hydrogen-bond acceptors (Lipinski definition) is 7. The van der Waals surface area contributed by atoms with E-state index in [2.05, 4.69) is 11.8 Å². The van der Waals surface area contributed by atoms with Gasteiger partial charge in [-0.1, -0.05) is 26.2 Å². The number of methoxy groups -OCH3 is 1. The minimum absolute atomic E-state index is 0.0719. The van der Waals surface area contributed by atoms with Crippen LogP contribution < -0.4 is 9.64 Å². The normalized spacial score (nSPS) is 17.2. The van der Waals surface area contributed by atoms with Gasteiger partial charge in [-0.15, -0.1) is 0 Å². The fourth-order valence-electron chi connectivity index (χ4n) is 3.46. The standard InChI is InChI=1S/C20H31N3O5/c1-4-5-8-13-28-20(24)17-9-6-7-12-22(17)15-21(2)16-10-11-19(27-3)18(14-16)23(25)26/h10-11,14,17H,4-9,12-13,15H2,1-3H3/t17-/m0/s1. The average Bonchev–Trinajstić information content (AvgIpc) is 2.70. The first-order valence-corrected chi connectivity index (χ1v) is 9.92. The summed E-state index contributed by atoms with van der Waals surface area (Å²) < 4.78 is 10.5. The van der Waals surface area contributed by atoms with E-state index in [1.165, 1.54) is 13.2 Å². The van der Waals surface area contributed by atoms with Gasteiger partial charge in [0.05, 0.1) is 25.3 Å². The number of ether oxygens (including phenoxy) is 2. The molecule has 0 aromatic heterocycles. The lowest BCUT2D eigenvalue weighted by Gasteiger charge is -2.37. The second kappa shape index (κ2) is 10.8. The summed E-state index contributed by atoms with van der Waals surface area (Å²) in [6.07, 6.45) is 5.85. The Morgan fingerprint density at radius 3 is 2.82 bits per heavy atom. The van der Waals surface area contributed by atoms with Gasteiger partial charge in [0.15, 0.2) is 5.75 Å². The van der Waals surface area contributed by atoms with E-state index < -0.39 is 4.92 Å². The molecule has 8 heteroatoms. The van der Waals surface area contributed by atoms with Crippen LogP contribution in [0.3, 0.4) is 0 Å². The van der Waals surface area contributed by atoms with Crippen LogP contribution in [0.15, 0.2) is 18.2 Å². The Hall–Kier alpha value is -2.35. The molecule has 0 saturated carbocycles. The van der Waals surface area contributed by atoms with Crippen LogP contribution in [0.2, 0.25) is 0 Å². The van der Waals surface area contributed by atoms with E-state index in [4.69, 9.17) is 9.47 Å². The number of likely N-dealkylation sites (tertiary alicyclic amines) is 1. The highest BCUT2D eigenvalue weighted by Crippen LogP contribution is 2.31. The Morgan fingerprint density at radius 1 is 1.36 bits per heavy atom. The highest BCUT2D eigenvalue weighted by molar-refractivity contribution is 5.76. The van der Waals surface area contributed by atoms with Crippen molar-refractivity contribution in [3.8, 4) is 5.75 Å². The first kappa shape index (κ1) is 21.9.